The Bertz CT molecular complexity index is 366. The third-order valence-electron chi connectivity index (χ3n) is 3.09. The molecule has 2 atom stereocenters. The van der Waals surface area contributed by atoms with Crippen LogP contribution in [0.5, 0.6) is 0 Å². The summed E-state index contributed by atoms with van der Waals surface area (Å²) in [6.07, 6.45) is 4.37. The lowest BCUT2D eigenvalue weighted by atomic mass is 10.0. The first kappa shape index (κ1) is 11.1. The van der Waals surface area contributed by atoms with Gasteiger partial charge in [-0.1, -0.05) is 6.07 Å². The minimum atomic E-state index is -0.126. The van der Waals surface area contributed by atoms with Gasteiger partial charge in [0, 0.05) is 31.5 Å². The van der Waals surface area contributed by atoms with Crippen LogP contribution in [0.2, 0.25) is 0 Å². The summed E-state index contributed by atoms with van der Waals surface area (Å²) < 4.78 is 0. The van der Waals surface area contributed by atoms with Crippen molar-refractivity contribution in [3.8, 4) is 0 Å². The van der Waals surface area contributed by atoms with Gasteiger partial charge in [0.25, 0.3) is 0 Å². The molecular formula is C12H17N3O. The average molecular weight is 219 g/mol. The van der Waals surface area contributed by atoms with Crippen LogP contribution in [0.25, 0.3) is 0 Å². The number of pyridine rings is 1. The first-order valence-electron chi connectivity index (χ1n) is 5.63. The van der Waals surface area contributed by atoms with Crippen molar-refractivity contribution in [1.29, 1.82) is 0 Å². The number of carbonyl (C=O) groups excluding carboxylic acids is 1. The predicted molar refractivity (Wildman–Crippen MR) is 61.8 cm³/mol. The number of hydrogen-bond acceptors (Lipinski definition) is 3. The molecule has 0 bridgehead atoms. The molecule has 1 aliphatic rings. The van der Waals surface area contributed by atoms with Crippen LogP contribution in [-0.4, -0.2) is 34.9 Å². The largest absolute Gasteiger partial charge is 0.341 e. The Balaban J connectivity index is 2.05. The van der Waals surface area contributed by atoms with Gasteiger partial charge in [-0.15, -0.1) is 0 Å². The van der Waals surface area contributed by atoms with Gasteiger partial charge in [0.2, 0.25) is 5.91 Å². The number of likely N-dealkylation sites (tertiary alicyclic amines) is 1. The summed E-state index contributed by atoms with van der Waals surface area (Å²) in [5.74, 6) is 0.0277. The zero-order valence-electron chi connectivity index (χ0n) is 9.47. The molecule has 0 aromatic carbocycles. The molecule has 1 aliphatic heterocycles. The molecule has 0 unspecified atom stereocenters. The van der Waals surface area contributed by atoms with E-state index in [1.807, 2.05) is 24.0 Å². The van der Waals surface area contributed by atoms with E-state index in [1.54, 1.807) is 12.4 Å². The fraction of sp³-hybridized carbons (Fsp3) is 0.500. The highest BCUT2D eigenvalue weighted by Gasteiger charge is 2.27. The highest BCUT2D eigenvalue weighted by atomic mass is 16.2. The maximum absolute atomic E-state index is 12.1. The van der Waals surface area contributed by atoms with Gasteiger partial charge < -0.3 is 10.6 Å². The van der Waals surface area contributed by atoms with Crippen LogP contribution in [0.15, 0.2) is 24.5 Å². The highest BCUT2D eigenvalue weighted by Crippen LogP contribution is 2.19. The van der Waals surface area contributed by atoms with E-state index in [-0.39, 0.29) is 17.9 Å². The van der Waals surface area contributed by atoms with E-state index in [1.165, 1.54) is 0 Å². The molecule has 0 aliphatic carbocycles. The summed E-state index contributed by atoms with van der Waals surface area (Å²) in [7, 11) is 0. The van der Waals surface area contributed by atoms with Crippen molar-refractivity contribution in [3.05, 3.63) is 30.1 Å². The van der Waals surface area contributed by atoms with E-state index in [9.17, 15) is 4.79 Å². The molecule has 86 valence electrons. The summed E-state index contributed by atoms with van der Waals surface area (Å²) in [6.45, 7) is 3.39. The molecule has 2 heterocycles. The van der Waals surface area contributed by atoms with Crippen LogP contribution in [0.1, 0.15) is 24.8 Å². The number of amides is 1. The van der Waals surface area contributed by atoms with E-state index >= 15 is 0 Å². The number of rotatable bonds is 2. The van der Waals surface area contributed by atoms with Crippen LogP contribution in [0.4, 0.5) is 0 Å². The van der Waals surface area contributed by atoms with E-state index in [0.29, 0.717) is 6.54 Å². The summed E-state index contributed by atoms with van der Waals surface area (Å²) in [6, 6.07) is 3.94. The molecular weight excluding hydrogens is 202 g/mol. The van der Waals surface area contributed by atoms with Gasteiger partial charge in [-0.2, -0.15) is 0 Å². The molecule has 2 rings (SSSR count). The van der Waals surface area contributed by atoms with Gasteiger partial charge in [0.15, 0.2) is 0 Å². The molecule has 1 amide bonds. The highest BCUT2D eigenvalue weighted by molar-refractivity contribution is 5.83. The lowest BCUT2D eigenvalue weighted by Crippen LogP contribution is -2.34. The van der Waals surface area contributed by atoms with Crippen LogP contribution in [-0.2, 0) is 4.79 Å². The maximum Gasteiger partial charge on any atom is 0.229 e. The molecule has 1 aromatic rings. The van der Waals surface area contributed by atoms with Crippen molar-refractivity contribution in [2.45, 2.75) is 25.3 Å². The third-order valence-corrected chi connectivity index (χ3v) is 3.09. The normalized spacial score (nSPS) is 22.1. The molecule has 1 saturated heterocycles. The van der Waals surface area contributed by atoms with Gasteiger partial charge in [0.1, 0.15) is 0 Å². The molecule has 4 heteroatoms. The predicted octanol–water partition coefficient (Wildman–Crippen LogP) is 0.745. The molecule has 2 N–H and O–H groups in total. The van der Waals surface area contributed by atoms with Crippen molar-refractivity contribution >= 4 is 5.91 Å². The molecule has 1 aromatic heterocycles. The van der Waals surface area contributed by atoms with Crippen LogP contribution >= 0.6 is 0 Å². The van der Waals surface area contributed by atoms with E-state index < -0.39 is 0 Å². The minimum Gasteiger partial charge on any atom is -0.341 e. The Morgan fingerprint density at radius 2 is 2.50 bits per heavy atom. The van der Waals surface area contributed by atoms with Gasteiger partial charge in [-0.3, -0.25) is 9.78 Å². The lowest BCUT2D eigenvalue weighted by Gasteiger charge is -2.20. The standard InChI is InChI=1S/C12H17N3O/c1-9(10-3-2-5-14-7-10)12(16)15-6-4-11(13)8-15/h2-3,5,7,9,11H,4,6,8,13H2,1H3/t9-,11-/m1/s1. The lowest BCUT2D eigenvalue weighted by molar-refractivity contribution is -0.131. The number of hydrogen-bond donors (Lipinski definition) is 1. The van der Waals surface area contributed by atoms with Crippen LogP contribution < -0.4 is 5.73 Å². The Kier molecular flexibility index (Phi) is 3.19. The molecule has 0 saturated carbocycles. The summed E-state index contributed by atoms with van der Waals surface area (Å²) in [5, 5.41) is 0. The summed E-state index contributed by atoms with van der Waals surface area (Å²) >= 11 is 0. The zero-order valence-corrected chi connectivity index (χ0v) is 9.47. The molecule has 0 radical (unpaired) electrons. The van der Waals surface area contributed by atoms with Crippen molar-refractivity contribution in [3.63, 3.8) is 0 Å². The molecule has 16 heavy (non-hydrogen) atoms. The van der Waals surface area contributed by atoms with Gasteiger partial charge in [-0.05, 0) is 25.0 Å². The fourth-order valence-electron chi connectivity index (χ4n) is 2.04. The second-order valence-electron chi connectivity index (χ2n) is 4.34. The number of nitrogens with zero attached hydrogens (tertiary/aromatic N) is 2. The maximum atomic E-state index is 12.1. The van der Waals surface area contributed by atoms with Gasteiger partial charge in [0.05, 0.1) is 5.92 Å². The molecule has 4 nitrogen and oxygen atoms in total. The topological polar surface area (TPSA) is 59.2 Å². The molecule has 1 fully saturated rings. The van der Waals surface area contributed by atoms with Crippen LogP contribution in [0.3, 0.4) is 0 Å². The Hall–Kier alpha value is -1.42. The molecule has 0 spiro atoms. The number of aromatic nitrogens is 1. The Morgan fingerprint density at radius 1 is 1.69 bits per heavy atom. The van der Waals surface area contributed by atoms with Crippen molar-refractivity contribution in [2.24, 2.45) is 5.73 Å². The van der Waals surface area contributed by atoms with E-state index in [0.717, 1.165) is 18.5 Å². The van der Waals surface area contributed by atoms with Gasteiger partial charge in [-0.25, -0.2) is 0 Å². The van der Waals surface area contributed by atoms with Crippen molar-refractivity contribution < 1.29 is 4.79 Å². The van der Waals surface area contributed by atoms with Gasteiger partial charge >= 0.3 is 0 Å². The number of nitrogens with two attached hydrogens (primary N) is 1. The quantitative estimate of drug-likeness (QED) is 0.798. The first-order valence-corrected chi connectivity index (χ1v) is 5.63. The Morgan fingerprint density at radius 3 is 3.06 bits per heavy atom. The third kappa shape index (κ3) is 2.22. The SMILES string of the molecule is C[C@@H](C(=O)N1CC[C@@H](N)C1)c1cccnc1. The van der Waals surface area contributed by atoms with Crippen LogP contribution in [0, 0.1) is 0 Å². The zero-order chi connectivity index (χ0) is 11.5. The average Bonchev–Trinajstić information content (AvgIpc) is 2.75. The van der Waals surface area contributed by atoms with E-state index in [4.69, 9.17) is 5.73 Å². The fourth-order valence-corrected chi connectivity index (χ4v) is 2.04. The first-order chi connectivity index (χ1) is 7.68. The van der Waals surface area contributed by atoms with Crippen molar-refractivity contribution in [2.75, 3.05) is 13.1 Å². The number of carbonyl (C=O) groups is 1. The second kappa shape index (κ2) is 4.61. The summed E-state index contributed by atoms with van der Waals surface area (Å²) in [4.78, 5) is 18.0. The minimum absolute atomic E-state index is 0.126. The monoisotopic (exact) mass is 219 g/mol. The van der Waals surface area contributed by atoms with Crippen molar-refractivity contribution in [1.82, 2.24) is 9.88 Å². The van der Waals surface area contributed by atoms with E-state index in [2.05, 4.69) is 4.98 Å². The summed E-state index contributed by atoms with van der Waals surface area (Å²) in [5.41, 5.74) is 6.76. The second-order valence-corrected chi connectivity index (χ2v) is 4.34. The smallest absolute Gasteiger partial charge is 0.229 e. The Labute approximate surface area is 95.5 Å².